The molecule has 2 aromatic carbocycles. The number of nitrogens with one attached hydrogen (secondary N) is 1. The van der Waals surface area contributed by atoms with Gasteiger partial charge in [0.1, 0.15) is 17.6 Å². The molecule has 1 amide bonds. The zero-order valence-corrected chi connectivity index (χ0v) is 16.0. The number of benzene rings is 2. The fraction of sp³-hybridized carbons (Fsp3) is 0.158. The van der Waals surface area contributed by atoms with Crippen LogP contribution in [0.3, 0.4) is 0 Å². The molecule has 1 aromatic heterocycles. The predicted molar refractivity (Wildman–Crippen MR) is 97.0 cm³/mol. The second-order valence-corrected chi connectivity index (χ2v) is 6.35. The van der Waals surface area contributed by atoms with Crippen molar-refractivity contribution in [3.63, 3.8) is 0 Å². The van der Waals surface area contributed by atoms with Crippen LogP contribution in [-0.4, -0.2) is 33.7 Å². The summed E-state index contributed by atoms with van der Waals surface area (Å²) >= 11 is 0. The van der Waals surface area contributed by atoms with Crippen LogP contribution in [0, 0.1) is 17.1 Å². The lowest BCUT2D eigenvalue weighted by atomic mass is 10.2. The van der Waals surface area contributed by atoms with E-state index in [0.717, 1.165) is 42.5 Å². The summed E-state index contributed by atoms with van der Waals surface area (Å²) in [5, 5.41) is 17.8. The molecule has 3 rings (SSSR count). The highest BCUT2D eigenvalue weighted by atomic mass is 19.4. The maximum Gasteiger partial charge on any atom is 0.435 e. The van der Waals surface area contributed by atoms with Crippen molar-refractivity contribution in [2.75, 3.05) is 11.9 Å². The zero-order chi connectivity index (χ0) is 24.4. The van der Waals surface area contributed by atoms with Crippen LogP contribution < -0.4 is 10.1 Å². The summed E-state index contributed by atoms with van der Waals surface area (Å²) in [5.74, 6) is -2.50. The second kappa shape index (κ2) is 8.77. The van der Waals surface area contributed by atoms with E-state index in [1.165, 1.54) is 0 Å². The largest absolute Gasteiger partial charge is 0.483 e. The number of alkyl halides is 6. The Balaban J connectivity index is 1.90. The smallest absolute Gasteiger partial charge is 0.435 e. The Hall–Kier alpha value is -4.15. The van der Waals surface area contributed by atoms with Crippen molar-refractivity contribution in [2.24, 2.45) is 0 Å². The molecule has 0 spiro atoms. The molecule has 0 radical (unpaired) electrons. The van der Waals surface area contributed by atoms with E-state index in [9.17, 15) is 35.5 Å². The number of hydrogen-bond acceptors (Lipinski definition) is 5. The zero-order valence-electron chi connectivity index (χ0n) is 16.0. The van der Waals surface area contributed by atoms with Crippen molar-refractivity contribution in [1.29, 1.82) is 5.26 Å². The van der Waals surface area contributed by atoms with Crippen LogP contribution in [0.5, 0.6) is 5.75 Å². The minimum atomic E-state index is -5.09. The Morgan fingerprint density at radius 2 is 1.76 bits per heavy atom. The molecule has 0 bridgehead atoms. The van der Waals surface area contributed by atoms with Gasteiger partial charge in [-0.25, -0.2) is 9.07 Å². The molecule has 1 N–H and O–H groups in total. The number of hydrogen-bond donors (Lipinski definition) is 1. The lowest BCUT2D eigenvalue weighted by Gasteiger charge is -2.13. The molecule has 0 atom stereocenters. The van der Waals surface area contributed by atoms with Gasteiger partial charge in [-0.1, -0.05) is 5.21 Å². The maximum atomic E-state index is 13.7. The molecule has 3 aromatic rings. The van der Waals surface area contributed by atoms with Crippen LogP contribution >= 0.6 is 0 Å². The SMILES string of the molecule is N#Cc1cc(NC(=O)c2nnn(-c3ccc(F)cc3)c2C(F)(F)F)ccc1OCC(F)(F)F. The molecule has 33 heavy (non-hydrogen) atoms. The first-order chi connectivity index (χ1) is 15.4. The summed E-state index contributed by atoms with van der Waals surface area (Å²) in [6.45, 7) is -1.67. The number of aromatic nitrogens is 3. The van der Waals surface area contributed by atoms with Crippen LogP contribution in [0.1, 0.15) is 21.7 Å². The Bertz CT molecular complexity index is 1210. The molecule has 0 saturated heterocycles. The molecule has 14 heteroatoms. The van der Waals surface area contributed by atoms with Crippen LogP contribution in [0.2, 0.25) is 0 Å². The van der Waals surface area contributed by atoms with E-state index in [-0.39, 0.29) is 11.4 Å². The first-order valence-corrected chi connectivity index (χ1v) is 8.73. The molecule has 0 aliphatic heterocycles. The molecule has 172 valence electrons. The second-order valence-electron chi connectivity index (χ2n) is 6.35. The molecule has 0 aliphatic rings. The number of carbonyl (C=O) groups is 1. The number of halogens is 7. The first-order valence-electron chi connectivity index (χ1n) is 8.73. The fourth-order valence-electron chi connectivity index (χ4n) is 2.62. The minimum absolute atomic E-state index is 0.208. The summed E-state index contributed by atoms with van der Waals surface area (Å²) in [4.78, 5) is 12.5. The van der Waals surface area contributed by atoms with Crippen molar-refractivity contribution in [1.82, 2.24) is 15.0 Å². The van der Waals surface area contributed by atoms with E-state index in [0.29, 0.717) is 4.68 Å². The third kappa shape index (κ3) is 5.56. The van der Waals surface area contributed by atoms with E-state index < -0.39 is 53.4 Å². The molecule has 0 unspecified atom stereocenters. The fourth-order valence-corrected chi connectivity index (χ4v) is 2.62. The van der Waals surface area contributed by atoms with Gasteiger partial charge in [0.15, 0.2) is 18.0 Å². The van der Waals surface area contributed by atoms with Crippen molar-refractivity contribution >= 4 is 11.6 Å². The summed E-state index contributed by atoms with van der Waals surface area (Å²) < 4.78 is 95.8. The van der Waals surface area contributed by atoms with Crippen LogP contribution in [0.15, 0.2) is 42.5 Å². The number of anilines is 1. The number of amides is 1. The van der Waals surface area contributed by atoms with Gasteiger partial charge in [0, 0.05) is 5.69 Å². The average Bonchev–Trinajstić information content (AvgIpc) is 3.18. The lowest BCUT2D eigenvalue weighted by molar-refractivity contribution is -0.153. The van der Waals surface area contributed by atoms with Gasteiger partial charge in [-0.2, -0.15) is 31.6 Å². The van der Waals surface area contributed by atoms with Gasteiger partial charge in [0.05, 0.1) is 11.3 Å². The molecular weight excluding hydrogens is 463 g/mol. The number of ether oxygens (including phenoxy) is 1. The Morgan fingerprint density at radius 3 is 2.33 bits per heavy atom. The topological polar surface area (TPSA) is 92.8 Å². The highest BCUT2D eigenvalue weighted by Crippen LogP contribution is 2.33. The number of nitrogens with zero attached hydrogens (tertiary/aromatic N) is 4. The van der Waals surface area contributed by atoms with Crippen molar-refractivity contribution in [2.45, 2.75) is 12.4 Å². The highest BCUT2D eigenvalue weighted by Gasteiger charge is 2.42. The Morgan fingerprint density at radius 1 is 1.09 bits per heavy atom. The quantitative estimate of drug-likeness (QED) is 0.552. The van der Waals surface area contributed by atoms with Crippen LogP contribution in [-0.2, 0) is 6.18 Å². The summed E-state index contributed by atoms with van der Waals surface area (Å²) in [6.07, 6.45) is -9.75. The maximum absolute atomic E-state index is 13.7. The lowest BCUT2D eigenvalue weighted by Crippen LogP contribution is -2.21. The van der Waals surface area contributed by atoms with Crippen LogP contribution in [0.4, 0.5) is 36.4 Å². The number of rotatable bonds is 5. The normalized spacial score (nSPS) is 11.7. The summed E-state index contributed by atoms with van der Waals surface area (Å²) in [7, 11) is 0. The molecule has 0 fully saturated rings. The Kier molecular flexibility index (Phi) is 6.25. The van der Waals surface area contributed by atoms with Gasteiger partial charge in [0.2, 0.25) is 0 Å². The van der Waals surface area contributed by atoms with Gasteiger partial charge in [-0.3, -0.25) is 4.79 Å². The third-order valence-corrected chi connectivity index (χ3v) is 3.97. The molecule has 1 heterocycles. The third-order valence-electron chi connectivity index (χ3n) is 3.97. The first kappa shape index (κ1) is 23.5. The summed E-state index contributed by atoms with van der Waals surface area (Å²) in [5.41, 5.74) is -3.49. The van der Waals surface area contributed by atoms with Gasteiger partial charge < -0.3 is 10.1 Å². The standard InChI is InChI=1S/C19H10F7N5O2/c20-11-1-4-13(5-2-11)31-16(19(24,25)26)15(29-30-31)17(32)28-12-3-6-14(10(7-12)8-27)33-9-18(21,22)23/h1-7H,9H2,(H,28,32). The van der Waals surface area contributed by atoms with E-state index in [4.69, 9.17) is 5.26 Å². The van der Waals surface area contributed by atoms with Crippen molar-refractivity contribution in [3.05, 3.63) is 65.2 Å². The van der Waals surface area contributed by atoms with Gasteiger partial charge in [-0.15, -0.1) is 5.10 Å². The number of carbonyl (C=O) groups excluding carboxylic acids is 1. The summed E-state index contributed by atoms with van der Waals surface area (Å²) in [6, 6.07) is 8.24. The highest BCUT2D eigenvalue weighted by molar-refractivity contribution is 6.03. The van der Waals surface area contributed by atoms with E-state index in [2.05, 4.69) is 20.4 Å². The molecular formula is C19H10F7N5O2. The van der Waals surface area contributed by atoms with E-state index >= 15 is 0 Å². The van der Waals surface area contributed by atoms with Gasteiger partial charge in [-0.05, 0) is 42.5 Å². The molecule has 0 saturated carbocycles. The van der Waals surface area contributed by atoms with E-state index in [1.54, 1.807) is 6.07 Å². The van der Waals surface area contributed by atoms with Crippen LogP contribution in [0.25, 0.3) is 5.69 Å². The van der Waals surface area contributed by atoms with E-state index in [1.807, 2.05) is 0 Å². The van der Waals surface area contributed by atoms with Crippen molar-refractivity contribution in [3.8, 4) is 17.5 Å². The minimum Gasteiger partial charge on any atom is -0.483 e. The molecule has 7 nitrogen and oxygen atoms in total. The Labute approximate surface area is 180 Å². The monoisotopic (exact) mass is 473 g/mol. The molecule has 0 aliphatic carbocycles. The van der Waals surface area contributed by atoms with Crippen molar-refractivity contribution < 1.29 is 40.3 Å². The van der Waals surface area contributed by atoms with Gasteiger partial charge >= 0.3 is 12.4 Å². The van der Waals surface area contributed by atoms with Gasteiger partial charge in [0.25, 0.3) is 5.91 Å². The average molecular weight is 473 g/mol. The predicted octanol–water partition coefficient (Wildman–Crippen LogP) is 4.49. The number of nitriles is 1.